The second-order valence-corrected chi connectivity index (χ2v) is 7.10. The summed E-state index contributed by atoms with van der Waals surface area (Å²) in [7, 11) is -4.28. The molecule has 2 aromatic rings. The Bertz CT molecular complexity index is 583. The molecule has 19 heavy (non-hydrogen) atoms. The minimum Gasteiger partial charge on any atom is -0.462 e. The summed E-state index contributed by atoms with van der Waals surface area (Å²) < 4.78 is 17.1. The molecule has 0 bridgehead atoms. The Balaban J connectivity index is 2.48. The van der Waals surface area contributed by atoms with Gasteiger partial charge < -0.3 is 14.2 Å². The van der Waals surface area contributed by atoms with Gasteiger partial charge in [0, 0.05) is 5.38 Å². The molecule has 0 aliphatic heterocycles. The molecule has 0 atom stereocenters. The number of furan rings is 1. The van der Waals surface area contributed by atoms with Crippen LogP contribution in [0.15, 0.2) is 28.2 Å². The summed E-state index contributed by atoms with van der Waals surface area (Å²) in [5.74, 6) is 0.614. The highest BCUT2D eigenvalue weighted by atomic mass is 32.1. The SMILES string of the molecule is CCC(CC)(c1csc(-c2ccco2)n1)P(=O)(O)O. The zero-order chi connectivity index (χ0) is 14.1. The Hall–Kier alpha value is -0.940. The van der Waals surface area contributed by atoms with Crippen molar-refractivity contribution in [2.24, 2.45) is 0 Å². The molecule has 2 aromatic heterocycles. The van der Waals surface area contributed by atoms with E-state index in [1.807, 2.05) is 0 Å². The molecule has 0 saturated carbocycles. The zero-order valence-electron chi connectivity index (χ0n) is 10.7. The molecule has 0 aliphatic carbocycles. The van der Waals surface area contributed by atoms with Crippen LogP contribution in [0, 0.1) is 0 Å². The minimum absolute atomic E-state index is 0.342. The van der Waals surface area contributed by atoms with Gasteiger partial charge in [-0.2, -0.15) is 0 Å². The van der Waals surface area contributed by atoms with Gasteiger partial charge in [0.1, 0.15) is 5.16 Å². The molecule has 0 radical (unpaired) electrons. The van der Waals surface area contributed by atoms with Gasteiger partial charge in [-0.15, -0.1) is 11.3 Å². The molecule has 0 saturated heterocycles. The first-order valence-corrected chi connectivity index (χ1v) is 8.49. The highest BCUT2D eigenvalue weighted by Crippen LogP contribution is 2.61. The maximum atomic E-state index is 11.8. The Morgan fingerprint density at radius 3 is 2.58 bits per heavy atom. The van der Waals surface area contributed by atoms with Crippen molar-refractivity contribution in [3.05, 3.63) is 29.5 Å². The van der Waals surface area contributed by atoms with E-state index in [1.54, 1.807) is 37.6 Å². The lowest BCUT2D eigenvalue weighted by Crippen LogP contribution is -2.24. The van der Waals surface area contributed by atoms with Crippen molar-refractivity contribution >= 4 is 18.9 Å². The van der Waals surface area contributed by atoms with Crippen LogP contribution < -0.4 is 0 Å². The Morgan fingerprint density at radius 1 is 1.42 bits per heavy atom. The van der Waals surface area contributed by atoms with Crippen LogP contribution in [0.4, 0.5) is 0 Å². The van der Waals surface area contributed by atoms with Gasteiger partial charge in [0.15, 0.2) is 10.8 Å². The van der Waals surface area contributed by atoms with E-state index in [9.17, 15) is 14.4 Å². The van der Waals surface area contributed by atoms with E-state index in [0.29, 0.717) is 29.3 Å². The number of hydrogen-bond acceptors (Lipinski definition) is 4. The van der Waals surface area contributed by atoms with Gasteiger partial charge in [0.25, 0.3) is 0 Å². The molecule has 2 N–H and O–H groups in total. The number of rotatable bonds is 5. The van der Waals surface area contributed by atoms with Crippen LogP contribution in [0.5, 0.6) is 0 Å². The van der Waals surface area contributed by atoms with Crippen molar-refractivity contribution in [1.29, 1.82) is 0 Å². The van der Waals surface area contributed by atoms with E-state index in [-0.39, 0.29) is 0 Å². The second-order valence-electron chi connectivity index (χ2n) is 4.30. The summed E-state index contributed by atoms with van der Waals surface area (Å²) >= 11 is 1.33. The summed E-state index contributed by atoms with van der Waals surface area (Å²) in [6, 6.07) is 3.53. The van der Waals surface area contributed by atoms with Crippen molar-refractivity contribution in [2.45, 2.75) is 31.8 Å². The molecule has 0 unspecified atom stereocenters. The molecule has 7 heteroatoms. The van der Waals surface area contributed by atoms with Gasteiger partial charge in [-0.3, -0.25) is 4.57 Å². The average Bonchev–Trinajstić information content (AvgIpc) is 3.00. The molecule has 0 amide bonds. The van der Waals surface area contributed by atoms with E-state index < -0.39 is 12.8 Å². The van der Waals surface area contributed by atoms with Crippen molar-refractivity contribution in [1.82, 2.24) is 4.98 Å². The van der Waals surface area contributed by atoms with Crippen LogP contribution in [0.3, 0.4) is 0 Å². The van der Waals surface area contributed by atoms with Gasteiger partial charge in [-0.25, -0.2) is 4.98 Å². The van der Waals surface area contributed by atoms with Crippen LogP contribution in [-0.2, 0) is 9.72 Å². The van der Waals surface area contributed by atoms with Gasteiger partial charge in [0.05, 0.1) is 12.0 Å². The van der Waals surface area contributed by atoms with Gasteiger partial charge in [-0.05, 0) is 25.0 Å². The van der Waals surface area contributed by atoms with E-state index in [2.05, 4.69) is 4.98 Å². The zero-order valence-corrected chi connectivity index (χ0v) is 12.4. The third-order valence-electron chi connectivity index (χ3n) is 3.44. The monoisotopic (exact) mass is 301 g/mol. The Morgan fingerprint density at radius 2 is 2.11 bits per heavy atom. The first kappa shape index (κ1) is 14.5. The predicted octanol–water partition coefficient (Wildman–Crippen LogP) is 3.60. The summed E-state index contributed by atoms with van der Waals surface area (Å²) in [4.78, 5) is 23.7. The van der Waals surface area contributed by atoms with Gasteiger partial charge in [0.2, 0.25) is 0 Å². The van der Waals surface area contributed by atoms with Crippen LogP contribution in [0.1, 0.15) is 32.4 Å². The average molecular weight is 301 g/mol. The molecule has 5 nitrogen and oxygen atoms in total. The molecule has 0 fully saturated rings. The van der Waals surface area contributed by atoms with E-state index in [1.165, 1.54) is 11.3 Å². The Kier molecular flexibility index (Phi) is 3.97. The molecule has 0 spiro atoms. The minimum atomic E-state index is -4.28. The van der Waals surface area contributed by atoms with Crippen LogP contribution >= 0.6 is 18.9 Å². The molecule has 0 aliphatic rings. The second kappa shape index (κ2) is 5.21. The number of hydrogen-bond donors (Lipinski definition) is 2. The summed E-state index contributed by atoms with van der Waals surface area (Å²) in [5, 5.41) is 1.15. The smallest absolute Gasteiger partial charge is 0.337 e. The summed E-state index contributed by atoms with van der Waals surface area (Å²) in [5.41, 5.74) is 0.447. The fourth-order valence-electron chi connectivity index (χ4n) is 2.17. The number of nitrogens with zero attached hydrogens (tertiary/aromatic N) is 1. The first-order valence-electron chi connectivity index (χ1n) is 6.00. The third-order valence-corrected chi connectivity index (χ3v) is 6.27. The normalized spacial score (nSPS) is 12.8. The lowest BCUT2D eigenvalue weighted by atomic mass is 9.99. The largest absolute Gasteiger partial charge is 0.462 e. The van der Waals surface area contributed by atoms with Gasteiger partial charge in [-0.1, -0.05) is 13.8 Å². The standard InChI is InChI=1S/C12H16NO4PS/c1-3-12(4-2,18(14,15)16)10-8-19-11(13-10)9-6-5-7-17-9/h5-8H,3-4H2,1-2H3,(H2,14,15,16). The van der Waals surface area contributed by atoms with Crippen molar-refractivity contribution < 1.29 is 18.8 Å². The fraction of sp³-hybridized carbons (Fsp3) is 0.417. The van der Waals surface area contributed by atoms with Gasteiger partial charge >= 0.3 is 7.60 Å². The van der Waals surface area contributed by atoms with Crippen molar-refractivity contribution in [2.75, 3.05) is 0 Å². The van der Waals surface area contributed by atoms with Crippen LogP contribution in [0.25, 0.3) is 10.8 Å². The fourth-order valence-corrected chi connectivity index (χ4v) is 4.38. The lowest BCUT2D eigenvalue weighted by Gasteiger charge is -2.30. The lowest BCUT2D eigenvalue weighted by molar-refractivity contribution is 0.313. The molecule has 2 rings (SSSR count). The molecule has 0 aromatic carbocycles. The number of aromatic nitrogens is 1. The number of thiazole rings is 1. The maximum Gasteiger partial charge on any atom is 0.337 e. The van der Waals surface area contributed by atoms with E-state index in [0.717, 1.165) is 0 Å². The van der Waals surface area contributed by atoms with Crippen molar-refractivity contribution in [3.8, 4) is 10.8 Å². The molecule has 2 heterocycles. The van der Waals surface area contributed by atoms with Crippen LogP contribution in [-0.4, -0.2) is 14.8 Å². The highest BCUT2D eigenvalue weighted by Gasteiger charge is 2.47. The van der Waals surface area contributed by atoms with E-state index in [4.69, 9.17) is 4.42 Å². The highest BCUT2D eigenvalue weighted by molar-refractivity contribution is 7.53. The summed E-state index contributed by atoms with van der Waals surface area (Å²) in [6.45, 7) is 3.54. The topological polar surface area (TPSA) is 83.6 Å². The van der Waals surface area contributed by atoms with Crippen LogP contribution in [0.2, 0.25) is 0 Å². The maximum absolute atomic E-state index is 11.8. The quantitative estimate of drug-likeness (QED) is 0.824. The molecular formula is C12H16NO4PS. The molecule has 104 valence electrons. The molecular weight excluding hydrogens is 285 g/mol. The van der Waals surface area contributed by atoms with E-state index >= 15 is 0 Å². The Labute approximate surface area is 115 Å². The predicted molar refractivity (Wildman–Crippen MR) is 74.1 cm³/mol. The third kappa shape index (κ3) is 2.41. The first-order chi connectivity index (χ1) is 8.94. The van der Waals surface area contributed by atoms with Crippen molar-refractivity contribution in [3.63, 3.8) is 0 Å². The summed E-state index contributed by atoms with van der Waals surface area (Å²) in [6.07, 6.45) is 2.23.